The van der Waals surface area contributed by atoms with Crippen molar-refractivity contribution >= 4 is 10.9 Å². The highest BCUT2D eigenvalue weighted by molar-refractivity contribution is 5.80. The summed E-state index contributed by atoms with van der Waals surface area (Å²) in [5, 5.41) is 3.51. The van der Waals surface area contributed by atoms with Gasteiger partial charge in [-0.3, -0.25) is 24.3 Å². The SMILES string of the molecule is COc1ccc(Cn2c(COc3ccc(F)cc3)c3c(=O)n(CCN4CCOCC4)[nH]c3cc2=O)cc1. The summed E-state index contributed by atoms with van der Waals surface area (Å²) in [6, 6.07) is 14.5. The molecule has 0 aliphatic carbocycles. The maximum atomic E-state index is 13.5. The summed E-state index contributed by atoms with van der Waals surface area (Å²) < 4.78 is 33.0. The number of hydrogen-bond acceptors (Lipinski definition) is 6. The lowest BCUT2D eigenvalue weighted by Gasteiger charge is -2.26. The highest BCUT2D eigenvalue weighted by Gasteiger charge is 2.19. The minimum Gasteiger partial charge on any atom is -0.497 e. The van der Waals surface area contributed by atoms with Crippen molar-refractivity contribution in [2.75, 3.05) is 40.0 Å². The van der Waals surface area contributed by atoms with Crippen LogP contribution in [0.15, 0.2) is 64.2 Å². The van der Waals surface area contributed by atoms with Crippen LogP contribution in [0.25, 0.3) is 10.9 Å². The monoisotopic (exact) mass is 508 g/mol. The second-order valence-corrected chi connectivity index (χ2v) is 8.92. The van der Waals surface area contributed by atoms with Crippen LogP contribution in [0.3, 0.4) is 0 Å². The minimum atomic E-state index is -0.375. The van der Waals surface area contributed by atoms with E-state index in [0.717, 1.165) is 18.7 Å². The van der Waals surface area contributed by atoms with Crippen LogP contribution in [-0.2, 0) is 24.4 Å². The summed E-state index contributed by atoms with van der Waals surface area (Å²) in [7, 11) is 1.59. The number of benzene rings is 2. The van der Waals surface area contributed by atoms with Crippen LogP contribution in [0.5, 0.6) is 11.5 Å². The van der Waals surface area contributed by atoms with Crippen LogP contribution in [-0.4, -0.2) is 59.2 Å². The number of halogens is 1. The topological polar surface area (TPSA) is 90.7 Å². The number of aromatic amines is 1. The molecule has 2 aromatic carbocycles. The van der Waals surface area contributed by atoms with E-state index >= 15 is 0 Å². The standard InChI is InChI=1S/C27H29FN4O5/c1-35-21-6-2-19(3-7-21)17-31-24(18-37-22-8-4-20(28)5-9-22)26-23(16-25(31)33)29-32(27(26)34)11-10-30-12-14-36-15-13-30/h2-9,16,29H,10-15,17-18H2,1H3. The van der Waals surface area contributed by atoms with Crippen LogP contribution in [0.4, 0.5) is 4.39 Å². The van der Waals surface area contributed by atoms with Gasteiger partial charge in [-0.15, -0.1) is 0 Å². The van der Waals surface area contributed by atoms with Gasteiger partial charge in [0, 0.05) is 25.7 Å². The second-order valence-electron chi connectivity index (χ2n) is 8.92. The van der Waals surface area contributed by atoms with Gasteiger partial charge in [0.15, 0.2) is 0 Å². The molecule has 10 heteroatoms. The molecule has 5 rings (SSSR count). The molecule has 3 heterocycles. The Morgan fingerprint density at radius 1 is 0.973 bits per heavy atom. The fourth-order valence-electron chi connectivity index (χ4n) is 4.50. The average molecular weight is 509 g/mol. The molecule has 0 radical (unpaired) electrons. The van der Waals surface area contributed by atoms with Crippen molar-refractivity contribution in [2.24, 2.45) is 0 Å². The quantitative estimate of drug-likeness (QED) is 0.374. The Morgan fingerprint density at radius 3 is 2.38 bits per heavy atom. The zero-order valence-electron chi connectivity index (χ0n) is 20.6. The molecule has 1 aliphatic rings. The van der Waals surface area contributed by atoms with Gasteiger partial charge in [0.25, 0.3) is 11.1 Å². The summed E-state index contributed by atoms with van der Waals surface area (Å²) in [5.41, 5.74) is 1.30. The molecular weight excluding hydrogens is 479 g/mol. The molecule has 0 bridgehead atoms. The Labute approximate surface area is 212 Å². The van der Waals surface area contributed by atoms with Gasteiger partial charge < -0.3 is 18.8 Å². The summed E-state index contributed by atoms with van der Waals surface area (Å²) in [6.07, 6.45) is 0. The number of aromatic nitrogens is 3. The maximum Gasteiger partial charge on any atom is 0.276 e. The number of rotatable bonds is 9. The lowest BCUT2D eigenvalue weighted by molar-refractivity contribution is 0.0359. The van der Waals surface area contributed by atoms with Gasteiger partial charge in [-0.25, -0.2) is 4.39 Å². The number of hydrogen-bond donors (Lipinski definition) is 1. The minimum absolute atomic E-state index is 0.0368. The van der Waals surface area contributed by atoms with Gasteiger partial charge in [-0.2, -0.15) is 0 Å². The first kappa shape index (κ1) is 24.8. The smallest absolute Gasteiger partial charge is 0.276 e. The molecular formula is C27H29FN4O5. The molecule has 4 aromatic rings. The molecule has 1 saturated heterocycles. The second kappa shape index (κ2) is 11.0. The summed E-state index contributed by atoms with van der Waals surface area (Å²) in [5.74, 6) is 0.768. The first-order valence-electron chi connectivity index (χ1n) is 12.2. The summed E-state index contributed by atoms with van der Waals surface area (Å²) in [4.78, 5) is 29.0. The average Bonchev–Trinajstić information content (AvgIpc) is 3.23. The van der Waals surface area contributed by atoms with Gasteiger partial charge in [0.2, 0.25) is 0 Å². The molecule has 1 aliphatic heterocycles. The Morgan fingerprint density at radius 2 is 1.68 bits per heavy atom. The molecule has 0 spiro atoms. The van der Waals surface area contributed by atoms with Crippen molar-refractivity contribution in [1.82, 2.24) is 19.2 Å². The van der Waals surface area contributed by atoms with Crippen molar-refractivity contribution in [1.29, 1.82) is 0 Å². The molecule has 194 valence electrons. The number of ether oxygens (including phenoxy) is 3. The number of nitrogens with zero attached hydrogens (tertiary/aromatic N) is 3. The highest BCUT2D eigenvalue weighted by Crippen LogP contribution is 2.19. The van der Waals surface area contributed by atoms with Crippen molar-refractivity contribution in [3.05, 3.63) is 92.4 Å². The molecule has 9 nitrogen and oxygen atoms in total. The fourth-order valence-corrected chi connectivity index (χ4v) is 4.50. The van der Waals surface area contributed by atoms with E-state index in [-0.39, 0.29) is 30.1 Å². The Hall–Kier alpha value is -3.89. The lowest BCUT2D eigenvalue weighted by atomic mass is 10.1. The van der Waals surface area contributed by atoms with Crippen LogP contribution in [0, 0.1) is 5.82 Å². The first-order chi connectivity index (χ1) is 18.0. The molecule has 0 saturated carbocycles. The van der Waals surface area contributed by atoms with E-state index in [1.54, 1.807) is 16.4 Å². The molecule has 0 unspecified atom stereocenters. The van der Waals surface area contributed by atoms with Gasteiger partial charge >= 0.3 is 0 Å². The Bertz CT molecular complexity index is 1470. The predicted octanol–water partition coefficient (Wildman–Crippen LogP) is 2.60. The number of H-pyrrole nitrogens is 1. The van der Waals surface area contributed by atoms with Crippen molar-refractivity contribution in [3.63, 3.8) is 0 Å². The van der Waals surface area contributed by atoms with E-state index in [0.29, 0.717) is 54.4 Å². The van der Waals surface area contributed by atoms with Crippen LogP contribution >= 0.6 is 0 Å². The van der Waals surface area contributed by atoms with E-state index in [1.165, 1.54) is 30.3 Å². The van der Waals surface area contributed by atoms with Gasteiger partial charge in [0.05, 0.1) is 50.0 Å². The van der Waals surface area contributed by atoms with Crippen molar-refractivity contribution < 1.29 is 18.6 Å². The van der Waals surface area contributed by atoms with Crippen molar-refractivity contribution in [3.8, 4) is 11.5 Å². The van der Waals surface area contributed by atoms with Gasteiger partial charge in [-0.1, -0.05) is 12.1 Å². The van der Waals surface area contributed by atoms with Crippen LogP contribution < -0.4 is 20.6 Å². The largest absolute Gasteiger partial charge is 0.497 e. The lowest BCUT2D eigenvalue weighted by Crippen LogP contribution is -2.39. The number of nitrogens with one attached hydrogen (secondary N) is 1. The Kier molecular flexibility index (Phi) is 7.38. The van der Waals surface area contributed by atoms with E-state index in [4.69, 9.17) is 14.2 Å². The predicted molar refractivity (Wildman–Crippen MR) is 137 cm³/mol. The third-order valence-electron chi connectivity index (χ3n) is 6.56. The molecule has 0 atom stereocenters. The highest BCUT2D eigenvalue weighted by atomic mass is 19.1. The number of morpholine rings is 1. The van der Waals surface area contributed by atoms with E-state index < -0.39 is 0 Å². The van der Waals surface area contributed by atoms with Gasteiger partial charge in [0.1, 0.15) is 23.9 Å². The maximum absolute atomic E-state index is 13.5. The number of pyridine rings is 1. The van der Waals surface area contributed by atoms with Crippen LogP contribution in [0.2, 0.25) is 0 Å². The number of methoxy groups -OCH3 is 1. The fraction of sp³-hybridized carbons (Fsp3) is 0.333. The third kappa shape index (κ3) is 5.60. The van der Waals surface area contributed by atoms with Crippen molar-refractivity contribution in [2.45, 2.75) is 19.7 Å². The molecule has 1 N–H and O–H groups in total. The summed E-state index contributed by atoms with van der Waals surface area (Å²) >= 11 is 0. The molecule has 2 aromatic heterocycles. The zero-order valence-corrected chi connectivity index (χ0v) is 20.6. The van der Waals surface area contributed by atoms with E-state index in [2.05, 4.69) is 10.00 Å². The molecule has 37 heavy (non-hydrogen) atoms. The zero-order chi connectivity index (χ0) is 25.8. The molecule has 0 amide bonds. The molecule has 1 fully saturated rings. The third-order valence-corrected chi connectivity index (χ3v) is 6.56. The van der Waals surface area contributed by atoms with E-state index in [1.807, 2.05) is 24.3 Å². The van der Waals surface area contributed by atoms with E-state index in [9.17, 15) is 14.0 Å². The van der Waals surface area contributed by atoms with Gasteiger partial charge in [-0.05, 0) is 42.0 Å². The first-order valence-corrected chi connectivity index (χ1v) is 12.2. The summed E-state index contributed by atoms with van der Waals surface area (Å²) in [6.45, 7) is 4.35. The number of fused-ring (bicyclic) bond motifs is 1. The van der Waals surface area contributed by atoms with Crippen LogP contribution in [0.1, 0.15) is 11.3 Å². The Balaban J connectivity index is 1.51. The normalized spacial score (nSPS) is 14.2.